The van der Waals surface area contributed by atoms with Crippen molar-refractivity contribution in [2.75, 3.05) is 7.11 Å². The summed E-state index contributed by atoms with van der Waals surface area (Å²) >= 11 is 0. The van der Waals surface area contributed by atoms with Crippen LogP contribution in [0, 0.1) is 17.8 Å². The van der Waals surface area contributed by atoms with E-state index in [-0.39, 0.29) is 5.92 Å². The van der Waals surface area contributed by atoms with Crippen LogP contribution in [0.2, 0.25) is 0 Å². The first-order chi connectivity index (χ1) is 7.11. The van der Waals surface area contributed by atoms with Crippen molar-refractivity contribution in [3.05, 3.63) is 0 Å². The summed E-state index contributed by atoms with van der Waals surface area (Å²) in [5, 5.41) is 11.4. The summed E-state index contributed by atoms with van der Waals surface area (Å²) in [5.41, 5.74) is 0. The third-order valence-corrected chi connectivity index (χ3v) is 3.48. The number of aliphatic carboxylic acids is 1. The zero-order valence-corrected chi connectivity index (χ0v) is 8.60. The summed E-state index contributed by atoms with van der Waals surface area (Å²) in [5.74, 6) is 0.518. The van der Waals surface area contributed by atoms with E-state index in [4.69, 9.17) is 5.11 Å². The Kier molecular flexibility index (Phi) is 2.54. The van der Waals surface area contributed by atoms with E-state index in [1.54, 1.807) is 0 Å². The van der Waals surface area contributed by atoms with Gasteiger partial charge in [0.15, 0.2) is 0 Å². The maximum atomic E-state index is 11.0. The minimum Gasteiger partial charge on any atom is -0.480 e. The molecule has 0 bridgehead atoms. The zero-order chi connectivity index (χ0) is 11.0. The topological polar surface area (TPSA) is 75.6 Å². The van der Waals surface area contributed by atoms with E-state index in [2.05, 4.69) is 10.1 Å². The van der Waals surface area contributed by atoms with E-state index in [0.29, 0.717) is 11.8 Å². The van der Waals surface area contributed by atoms with E-state index in [1.807, 2.05) is 0 Å². The van der Waals surface area contributed by atoms with E-state index in [1.165, 1.54) is 13.5 Å². The first-order valence-electron chi connectivity index (χ1n) is 5.19. The largest absolute Gasteiger partial charge is 0.480 e. The molecule has 2 fully saturated rings. The van der Waals surface area contributed by atoms with Crippen LogP contribution in [-0.2, 0) is 9.53 Å². The number of carbonyl (C=O) groups excluding carboxylic acids is 1. The molecule has 0 aliphatic heterocycles. The van der Waals surface area contributed by atoms with Crippen molar-refractivity contribution in [1.82, 2.24) is 5.32 Å². The van der Waals surface area contributed by atoms with Crippen molar-refractivity contribution < 1.29 is 19.4 Å². The predicted molar refractivity (Wildman–Crippen MR) is 51.3 cm³/mol. The van der Waals surface area contributed by atoms with Crippen LogP contribution in [0.4, 0.5) is 4.79 Å². The Morgan fingerprint density at radius 2 is 1.93 bits per heavy atom. The maximum absolute atomic E-state index is 11.0. The van der Waals surface area contributed by atoms with Crippen LogP contribution < -0.4 is 5.32 Å². The highest BCUT2D eigenvalue weighted by Gasteiger charge is 2.49. The van der Waals surface area contributed by atoms with E-state index in [0.717, 1.165) is 12.8 Å². The second kappa shape index (κ2) is 3.72. The lowest BCUT2D eigenvalue weighted by molar-refractivity contribution is -0.140. The van der Waals surface area contributed by atoms with E-state index in [9.17, 15) is 9.59 Å². The van der Waals surface area contributed by atoms with Crippen molar-refractivity contribution in [1.29, 1.82) is 0 Å². The molecule has 0 radical (unpaired) electrons. The summed E-state index contributed by atoms with van der Waals surface area (Å²) in [6, 6.07) is -0.787. The Labute approximate surface area is 87.8 Å². The molecular formula is C10H15NO4. The molecule has 2 aliphatic rings. The molecule has 0 aromatic rings. The molecule has 2 saturated carbocycles. The standard InChI is InChI=1S/C10H15NO4/c1-15-10(14)11-8(9(12)13)7-3-5-2-6(5)4-7/h5-8H,2-4H2,1H3,(H,11,14)(H,12,13). The van der Waals surface area contributed by atoms with Crippen molar-refractivity contribution >= 4 is 12.1 Å². The van der Waals surface area contributed by atoms with Gasteiger partial charge in [0.2, 0.25) is 0 Å². The van der Waals surface area contributed by atoms with Gasteiger partial charge >= 0.3 is 12.1 Å². The summed E-state index contributed by atoms with van der Waals surface area (Å²) in [4.78, 5) is 22.0. The molecule has 15 heavy (non-hydrogen) atoms. The SMILES string of the molecule is COC(=O)NC(C(=O)O)C1CC2CC2C1. The molecule has 5 heteroatoms. The fourth-order valence-electron chi connectivity index (χ4n) is 2.60. The molecule has 84 valence electrons. The third kappa shape index (κ3) is 2.06. The Balaban J connectivity index is 1.93. The fourth-order valence-corrected chi connectivity index (χ4v) is 2.60. The molecule has 5 nitrogen and oxygen atoms in total. The predicted octanol–water partition coefficient (Wildman–Crippen LogP) is 0.842. The third-order valence-electron chi connectivity index (χ3n) is 3.48. The average Bonchev–Trinajstić information content (AvgIpc) is 2.81. The monoisotopic (exact) mass is 213 g/mol. The van der Waals surface area contributed by atoms with Gasteiger partial charge in [0.25, 0.3) is 0 Å². The number of carbonyl (C=O) groups is 2. The molecule has 0 aromatic heterocycles. The molecular weight excluding hydrogens is 198 g/mol. The molecule has 2 N–H and O–H groups in total. The first-order valence-corrected chi connectivity index (χ1v) is 5.19. The number of methoxy groups -OCH3 is 1. The molecule has 0 heterocycles. The van der Waals surface area contributed by atoms with Crippen LogP contribution in [0.25, 0.3) is 0 Å². The number of alkyl carbamates (subject to hydrolysis) is 1. The number of amides is 1. The number of carboxylic acid groups (broad SMARTS) is 1. The van der Waals surface area contributed by atoms with Crippen LogP contribution >= 0.6 is 0 Å². The number of rotatable bonds is 3. The summed E-state index contributed by atoms with van der Waals surface area (Å²) in [6.45, 7) is 0. The quantitative estimate of drug-likeness (QED) is 0.728. The number of carboxylic acids is 1. The normalized spacial score (nSPS) is 34.1. The van der Waals surface area contributed by atoms with Crippen molar-refractivity contribution in [2.45, 2.75) is 25.3 Å². The zero-order valence-electron chi connectivity index (χ0n) is 8.60. The van der Waals surface area contributed by atoms with Gasteiger partial charge in [-0.1, -0.05) is 0 Å². The van der Waals surface area contributed by atoms with Crippen LogP contribution in [0.1, 0.15) is 19.3 Å². The Bertz CT molecular complexity index is 281. The van der Waals surface area contributed by atoms with Crippen LogP contribution in [0.3, 0.4) is 0 Å². The van der Waals surface area contributed by atoms with Crippen LogP contribution in [-0.4, -0.2) is 30.3 Å². The van der Waals surface area contributed by atoms with Gasteiger partial charge in [-0.3, -0.25) is 0 Å². The molecule has 2 aliphatic carbocycles. The summed E-state index contributed by atoms with van der Waals surface area (Å²) in [6.07, 6.45) is 2.42. The van der Waals surface area contributed by atoms with Crippen LogP contribution in [0.15, 0.2) is 0 Å². The number of ether oxygens (including phenoxy) is 1. The lowest BCUT2D eigenvalue weighted by Crippen LogP contribution is -2.45. The molecule has 0 saturated heterocycles. The molecule has 1 amide bonds. The Morgan fingerprint density at radius 3 is 2.40 bits per heavy atom. The lowest BCUT2D eigenvalue weighted by atomic mass is 9.94. The molecule has 3 unspecified atom stereocenters. The van der Waals surface area contributed by atoms with Crippen molar-refractivity contribution in [2.24, 2.45) is 17.8 Å². The van der Waals surface area contributed by atoms with E-state index >= 15 is 0 Å². The fraction of sp³-hybridized carbons (Fsp3) is 0.800. The minimum atomic E-state index is -0.966. The van der Waals surface area contributed by atoms with Gasteiger partial charge in [0, 0.05) is 0 Å². The highest BCUT2D eigenvalue weighted by Crippen LogP contribution is 2.55. The van der Waals surface area contributed by atoms with Gasteiger partial charge in [-0.15, -0.1) is 0 Å². The second-order valence-corrected chi connectivity index (χ2v) is 4.44. The summed E-state index contributed by atoms with van der Waals surface area (Å²) in [7, 11) is 1.24. The van der Waals surface area contributed by atoms with Crippen molar-refractivity contribution in [3.63, 3.8) is 0 Å². The maximum Gasteiger partial charge on any atom is 0.407 e. The highest BCUT2D eigenvalue weighted by atomic mass is 16.5. The number of fused-ring (bicyclic) bond motifs is 1. The van der Waals surface area contributed by atoms with Gasteiger partial charge in [-0.25, -0.2) is 9.59 Å². The van der Waals surface area contributed by atoms with Gasteiger partial charge in [0.05, 0.1) is 7.11 Å². The number of hydrogen-bond acceptors (Lipinski definition) is 3. The molecule has 0 spiro atoms. The molecule has 3 atom stereocenters. The number of hydrogen-bond donors (Lipinski definition) is 2. The lowest BCUT2D eigenvalue weighted by Gasteiger charge is -2.21. The second-order valence-electron chi connectivity index (χ2n) is 4.44. The number of nitrogens with one attached hydrogen (secondary N) is 1. The summed E-state index contributed by atoms with van der Waals surface area (Å²) < 4.78 is 4.42. The first kappa shape index (κ1) is 10.3. The average molecular weight is 213 g/mol. The minimum absolute atomic E-state index is 0.0744. The van der Waals surface area contributed by atoms with Crippen LogP contribution in [0.5, 0.6) is 0 Å². The smallest absolute Gasteiger partial charge is 0.407 e. The Morgan fingerprint density at radius 1 is 1.33 bits per heavy atom. The Hall–Kier alpha value is -1.26. The highest BCUT2D eigenvalue weighted by molar-refractivity contribution is 5.80. The van der Waals surface area contributed by atoms with E-state index < -0.39 is 18.1 Å². The van der Waals surface area contributed by atoms with Crippen molar-refractivity contribution in [3.8, 4) is 0 Å². The van der Waals surface area contributed by atoms with Gasteiger partial charge < -0.3 is 15.2 Å². The van der Waals surface area contributed by atoms with Gasteiger partial charge in [-0.05, 0) is 37.0 Å². The van der Waals surface area contributed by atoms with Gasteiger partial charge in [-0.2, -0.15) is 0 Å². The molecule has 0 aromatic carbocycles. The van der Waals surface area contributed by atoms with Gasteiger partial charge in [0.1, 0.15) is 6.04 Å². The molecule has 2 rings (SSSR count).